The molecule has 0 aliphatic carbocycles. The smallest absolute Gasteiger partial charge is 0.176 e. The fourth-order valence-electron chi connectivity index (χ4n) is 1.62. The van der Waals surface area contributed by atoms with E-state index in [1.807, 2.05) is 24.3 Å². The van der Waals surface area contributed by atoms with Gasteiger partial charge in [0, 0.05) is 24.3 Å². The van der Waals surface area contributed by atoms with E-state index < -0.39 is 0 Å². The largest absolute Gasteiger partial charge is 0.354 e. The minimum absolute atomic E-state index is 0.333. The van der Waals surface area contributed by atoms with Crippen molar-refractivity contribution in [2.45, 2.75) is 12.8 Å². The quantitative estimate of drug-likeness (QED) is 0.795. The van der Waals surface area contributed by atoms with E-state index in [2.05, 4.69) is 26.2 Å². The van der Waals surface area contributed by atoms with Crippen molar-refractivity contribution in [3.63, 3.8) is 0 Å². The fourth-order valence-corrected chi connectivity index (χ4v) is 1.89. The van der Waals surface area contributed by atoms with Crippen molar-refractivity contribution < 1.29 is 9.47 Å². The molecule has 18 heavy (non-hydrogen) atoms. The van der Waals surface area contributed by atoms with E-state index in [0.29, 0.717) is 6.54 Å². The molecule has 0 bridgehead atoms. The molecule has 0 N–H and O–H groups in total. The predicted octanol–water partition coefficient (Wildman–Crippen LogP) is 2.33. The van der Waals surface area contributed by atoms with Gasteiger partial charge in [-0.15, -0.1) is 5.10 Å². The summed E-state index contributed by atoms with van der Waals surface area (Å²) in [6.07, 6.45) is 1.40. The van der Waals surface area contributed by atoms with Crippen LogP contribution in [0.4, 0.5) is 0 Å². The van der Waals surface area contributed by atoms with Gasteiger partial charge in [0.25, 0.3) is 0 Å². The topological polar surface area (TPSA) is 49.2 Å². The van der Waals surface area contributed by atoms with E-state index >= 15 is 0 Å². The van der Waals surface area contributed by atoms with Crippen LogP contribution in [0.15, 0.2) is 34.9 Å². The summed E-state index contributed by atoms with van der Waals surface area (Å²) in [4.78, 5) is 0. The monoisotopic (exact) mass is 311 g/mol. The summed E-state index contributed by atoms with van der Waals surface area (Å²) in [5, 5.41) is 7.98. The summed E-state index contributed by atoms with van der Waals surface area (Å²) >= 11 is 3.41. The second-order valence-electron chi connectivity index (χ2n) is 3.71. The van der Waals surface area contributed by atoms with Crippen LogP contribution in [-0.4, -0.2) is 35.5 Å². The van der Waals surface area contributed by atoms with E-state index in [-0.39, 0.29) is 6.29 Å². The van der Waals surface area contributed by atoms with Gasteiger partial charge in [-0.2, -0.15) is 0 Å². The van der Waals surface area contributed by atoms with Crippen LogP contribution < -0.4 is 0 Å². The van der Waals surface area contributed by atoms with Crippen LogP contribution in [0.5, 0.6) is 0 Å². The number of nitrogens with zero attached hydrogens (tertiary/aromatic N) is 3. The van der Waals surface area contributed by atoms with Crippen LogP contribution >= 0.6 is 15.9 Å². The lowest BCUT2D eigenvalue weighted by molar-refractivity contribution is -0.112. The average Bonchev–Trinajstić information content (AvgIpc) is 2.85. The van der Waals surface area contributed by atoms with Crippen molar-refractivity contribution >= 4 is 15.9 Å². The van der Waals surface area contributed by atoms with E-state index in [0.717, 1.165) is 15.7 Å². The molecule has 0 amide bonds. The van der Waals surface area contributed by atoms with Gasteiger partial charge in [-0.3, -0.25) is 0 Å². The maximum Gasteiger partial charge on any atom is 0.176 e. The normalized spacial score (nSPS) is 11.1. The van der Waals surface area contributed by atoms with Gasteiger partial charge < -0.3 is 9.47 Å². The SMILES string of the molecule is COC(Cn1nncc1-c1ccc(Br)cc1)OC. The fraction of sp³-hybridized carbons (Fsp3) is 0.333. The molecule has 5 nitrogen and oxygen atoms in total. The lowest BCUT2D eigenvalue weighted by Crippen LogP contribution is -2.21. The summed E-state index contributed by atoms with van der Waals surface area (Å²) in [6.45, 7) is 0.498. The van der Waals surface area contributed by atoms with Gasteiger partial charge in [0.05, 0.1) is 18.4 Å². The van der Waals surface area contributed by atoms with Crippen LogP contribution in [0.25, 0.3) is 11.3 Å². The van der Waals surface area contributed by atoms with E-state index in [1.54, 1.807) is 25.1 Å². The molecule has 96 valence electrons. The van der Waals surface area contributed by atoms with Crippen LogP contribution in [0.1, 0.15) is 0 Å². The van der Waals surface area contributed by atoms with Crippen LogP contribution in [-0.2, 0) is 16.0 Å². The molecule has 0 fully saturated rings. The van der Waals surface area contributed by atoms with E-state index in [9.17, 15) is 0 Å². The van der Waals surface area contributed by atoms with Crippen molar-refractivity contribution in [2.24, 2.45) is 0 Å². The molecular formula is C12H14BrN3O2. The molecule has 0 unspecified atom stereocenters. The number of ether oxygens (including phenoxy) is 2. The number of halogens is 1. The second-order valence-corrected chi connectivity index (χ2v) is 4.62. The first kappa shape index (κ1) is 13.2. The standard InChI is InChI=1S/C12H14BrN3O2/c1-17-12(18-2)8-16-11(7-14-15-16)9-3-5-10(13)6-4-9/h3-7,12H,8H2,1-2H3. The van der Waals surface area contributed by atoms with Gasteiger partial charge >= 0.3 is 0 Å². The first-order valence-corrected chi connectivity index (χ1v) is 6.24. The Morgan fingerprint density at radius 1 is 1.22 bits per heavy atom. The minimum Gasteiger partial charge on any atom is -0.354 e. The Bertz CT molecular complexity index is 494. The predicted molar refractivity (Wildman–Crippen MR) is 71.0 cm³/mol. The summed E-state index contributed by atoms with van der Waals surface area (Å²) in [5.74, 6) is 0. The van der Waals surface area contributed by atoms with Gasteiger partial charge in [0.2, 0.25) is 0 Å². The number of methoxy groups -OCH3 is 2. The van der Waals surface area contributed by atoms with Crippen molar-refractivity contribution in [1.29, 1.82) is 0 Å². The number of rotatable bonds is 5. The average molecular weight is 312 g/mol. The maximum atomic E-state index is 5.16. The van der Waals surface area contributed by atoms with Crippen molar-refractivity contribution in [3.8, 4) is 11.3 Å². The molecule has 1 aromatic carbocycles. The van der Waals surface area contributed by atoms with Crippen LogP contribution in [0, 0.1) is 0 Å². The van der Waals surface area contributed by atoms with Gasteiger partial charge in [-0.05, 0) is 12.1 Å². The third-order valence-electron chi connectivity index (χ3n) is 2.61. The van der Waals surface area contributed by atoms with Gasteiger partial charge in [-0.1, -0.05) is 33.3 Å². The van der Waals surface area contributed by atoms with Crippen molar-refractivity contribution in [1.82, 2.24) is 15.0 Å². The van der Waals surface area contributed by atoms with E-state index in [1.165, 1.54) is 0 Å². The Morgan fingerprint density at radius 2 is 1.89 bits per heavy atom. The lowest BCUT2D eigenvalue weighted by Gasteiger charge is -2.14. The molecular weight excluding hydrogens is 298 g/mol. The third kappa shape index (κ3) is 2.95. The third-order valence-corrected chi connectivity index (χ3v) is 3.13. The van der Waals surface area contributed by atoms with Crippen LogP contribution in [0.3, 0.4) is 0 Å². The molecule has 0 aliphatic rings. The summed E-state index contributed by atoms with van der Waals surface area (Å²) < 4.78 is 13.1. The molecule has 0 atom stereocenters. The first-order valence-electron chi connectivity index (χ1n) is 5.44. The van der Waals surface area contributed by atoms with Gasteiger partial charge in [0.1, 0.15) is 0 Å². The number of hydrogen-bond acceptors (Lipinski definition) is 4. The second kappa shape index (κ2) is 6.08. The highest BCUT2D eigenvalue weighted by atomic mass is 79.9. The molecule has 0 saturated carbocycles. The summed E-state index contributed by atoms with van der Waals surface area (Å²) in [5.41, 5.74) is 1.98. The first-order chi connectivity index (χ1) is 8.74. The molecule has 2 rings (SSSR count). The molecule has 0 saturated heterocycles. The molecule has 6 heteroatoms. The molecule has 0 radical (unpaired) electrons. The van der Waals surface area contributed by atoms with Gasteiger partial charge in [-0.25, -0.2) is 4.68 Å². The Labute approximate surface area is 114 Å². The number of aromatic nitrogens is 3. The summed E-state index contributed by atoms with van der Waals surface area (Å²) in [7, 11) is 3.20. The Hall–Kier alpha value is -1.24. The molecule has 1 aromatic heterocycles. The zero-order valence-electron chi connectivity index (χ0n) is 10.2. The molecule has 0 aliphatic heterocycles. The zero-order chi connectivity index (χ0) is 13.0. The lowest BCUT2D eigenvalue weighted by atomic mass is 10.2. The zero-order valence-corrected chi connectivity index (χ0v) is 11.8. The number of benzene rings is 1. The van der Waals surface area contributed by atoms with Gasteiger partial charge in [0.15, 0.2) is 6.29 Å². The Balaban J connectivity index is 2.24. The van der Waals surface area contributed by atoms with Crippen molar-refractivity contribution in [3.05, 3.63) is 34.9 Å². The maximum absolute atomic E-state index is 5.16. The Morgan fingerprint density at radius 3 is 2.50 bits per heavy atom. The number of hydrogen-bond donors (Lipinski definition) is 0. The highest BCUT2D eigenvalue weighted by Gasteiger charge is 2.12. The van der Waals surface area contributed by atoms with E-state index in [4.69, 9.17) is 9.47 Å². The minimum atomic E-state index is -0.333. The molecule has 1 heterocycles. The molecule has 0 spiro atoms. The van der Waals surface area contributed by atoms with Crippen LogP contribution in [0.2, 0.25) is 0 Å². The highest BCUT2D eigenvalue weighted by molar-refractivity contribution is 9.10. The Kier molecular flexibility index (Phi) is 4.46. The highest BCUT2D eigenvalue weighted by Crippen LogP contribution is 2.21. The summed E-state index contributed by atoms with van der Waals surface area (Å²) in [6, 6.07) is 7.98. The van der Waals surface area contributed by atoms with Crippen molar-refractivity contribution in [2.75, 3.05) is 14.2 Å². The molecule has 2 aromatic rings.